The third-order valence-corrected chi connectivity index (χ3v) is 4.31. The molecule has 1 unspecified atom stereocenters. The molecule has 2 rings (SSSR count). The molecule has 0 aliphatic carbocycles. The molecule has 0 spiro atoms. The Balaban J connectivity index is 2.10. The van der Waals surface area contributed by atoms with Crippen LogP contribution < -0.4 is 14.8 Å². The van der Waals surface area contributed by atoms with E-state index < -0.39 is 28.6 Å². The van der Waals surface area contributed by atoms with E-state index in [4.69, 9.17) is 21.1 Å². The number of halogens is 4. The number of benzene rings is 2. The Kier molecular flexibility index (Phi) is 6.59. The van der Waals surface area contributed by atoms with Gasteiger partial charge in [0.05, 0.1) is 24.8 Å². The second-order valence-electron chi connectivity index (χ2n) is 5.98. The summed E-state index contributed by atoms with van der Waals surface area (Å²) >= 11 is 5.59. The van der Waals surface area contributed by atoms with E-state index in [-0.39, 0.29) is 5.69 Å². The molecule has 27 heavy (non-hydrogen) atoms. The third kappa shape index (κ3) is 5.29. The van der Waals surface area contributed by atoms with E-state index in [0.717, 1.165) is 17.7 Å². The Bertz CT molecular complexity index is 824. The van der Waals surface area contributed by atoms with Crippen molar-refractivity contribution in [2.24, 2.45) is 5.92 Å². The number of anilines is 1. The largest absolute Gasteiger partial charge is 0.493 e. The van der Waals surface area contributed by atoms with Crippen molar-refractivity contribution in [3.63, 3.8) is 0 Å². The molecule has 2 aromatic carbocycles. The number of ether oxygens (including phenoxy) is 2. The minimum absolute atomic E-state index is 0.0379. The van der Waals surface area contributed by atoms with Gasteiger partial charge in [-0.15, -0.1) is 0 Å². The predicted octanol–water partition coefficient (Wildman–Crippen LogP) is 5.19. The summed E-state index contributed by atoms with van der Waals surface area (Å²) in [5, 5.41) is 2.08. The van der Waals surface area contributed by atoms with Gasteiger partial charge in [0.1, 0.15) is 0 Å². The van der Waals surface area contributed by atoms with Crippen molar-refractivity contribution in [3.8, 4) is 11.5 Å². The monoisotopic (exact) mass is 401 g/mol. The molecule has 0 aromatic heterocycles. The minimum Gasteiger partial charge on any atom is -0.493 e. The van der Waals surface area contributed by atoms with E-state index in [1.54, 1.807) is 25.1 Å². The second-order valence-corrected chi connectivity index (χ2v) is 6.38. The summed E-state index contributed by atoms with van der Waals surface area (Å²) < 4.78 is 49.2. The van der Waals surface area contributed by atoms with Crippen LogP contribution in [0.3, 0.4) is 0 Å². The number of methoxy groups -OCH3 is 2. The predicted molar refractivity (Wildman–Crippen MR) is 97.5 cm³/mol. The fourth-order valence-corrected chi connectivity index (χ4v) is 2.76. The molecule has 146 valence electrons. The smallest absolute Gasteiger partial charge is 0.417 e. The zero-order valence-electron chi connectivity index (χ0n) is 15.0. The van der Waals surface area contributed by atoms with E-state index in [0.29, 0.717) is 17.9 Å². The molecule has 0 saturated carbocycles. The van der Waals surface area contributed by atoms with Crippen LogP contribution >= 0.6 is 11.6 Å². The van der Waals surface area contributed by atoms with Crippen LogP contribution in [0.2, 0.25) is 5.02 Å². The summed E-state index contributed by atoms with van der Waals surface area (Å²) in [5.74, 6) is 0.225. The van der Waals surface area contributed by atoms with Crippen LogP contribution in [0.15, 0.2) is 36.4 Å². The van der Waals surface area contributed by atoms with Crippen LogP contribution in [0.1, 0.15) is 18.1 Å². The van der Waals surface area contributed by atoms with Crippen LogP contribution in [0.5, 0.6) is 11.5 Å². The fourth-order valence-electron chi connectivity index (χ4n) is 2.54. The highest BCUT2D eigenvalue weighted by Crippen LogP contribution is 2.36. The van der Waals surface area contributed by atoms with Gasteiger partial charge in [-0.3, -0.25) is 4.79 Å². The lowest BCUT2D eigenvalue weighted by Crippen LogP contribution is -2.22. The van der Waals surface area contributed by atoms with E-state index in [9.17, 15) is 18.0 Å². The summed E-state index contributed by atoms with van der Waals surface area (Å²) in [6, 6.07) is 8.55. The molecule has 0 saturated heterocycles. The van der Waals surface area contributed by atoms with Crippen molar-refractivity contribution in [2.45, 2.75) is 19.5 Å². The normalized spacial score (nSPS) is 12.4. The molecule has 1 atom stereocenters. The number of hydrogen-bond acceptors (Lipinski definition) is 3. The van der Waals surface area contributed by atoms with Crippen molar-refractivity contribution < 1.29 is 27.4 Å². The first kappa shape index (κ1) is 20.9. The average Bonchev–Trinajstić information content (AvgIpc) is 2.62. The number of carbonyl (C=O) groups excluding carboxylic acids is 1. The minimum atomic E-state index is -4.59. The number of amides is 1. The lowest BCUT2D eigenvalue weighted by molar-refractivity contribution is -0.137. The van der Waals surface area contributed by atoms with E-state index in [2.05, 4.69) is 5.32 Å². The first-order chi connectivity index (χ1) is 12.7. The Morgan fingerprint density at radius 3 is 2.37 bits per heavy atom. The maximum absolute atomic E-state index is 12.9. The quantitative estimate of drug-likeness (QED) is 0.724. The number of alkyl halides is 3. The van der Waals surface area contributed by atoms with E-state index in [1.165, 1.54) is 20.3 Å². The highest BCUT2D eigenvalue weighted by atomic mass is 35.5. The van der Waals surface area contributed by atoms with Gasteiger partial charge < -0.3 is 14.8 Å². The SMILES string of the molecule is COc1ccc(CC(C)C(=O)Nc2ccc(Cl)c(C(F)(F)F)c2)cc1OC. The van der Waals surface area contributed by atoms with Crippen molar-refractivity contribution in [3.05, 3.63) is 52.5 Å². The molecular formula is C19H19ClF3NO3. The summed E-state index contributed by atoms with van der Waals surface area (Å²) in [5.41, 5.74) is -0.118. The number of hydrogen-bond donors (Lipinski definition) is 1. The summed E-state index contributed by atoms with van der Waals surface area (Å²) in [4.78, 5) is 12.4. The van der Waals surface area contributed by atoms with Crippen LogP contribution in [0, 0.1) is 5.92 Å². The molecule has 1 amide bonds. The van der Waals surface area contributed by atoms with Crippen LogP contribution in [-0.2, 0) is 17.4 Å². The van der Waals surface area contributed by atoms with Crippen molar-refractivity contribution >= 4 is 23.2 Å². The molecular weight excluding hydrogens is 383 g/mol. The van der Waals surface area contributed by atoms with Crippen molar-refractivity contribution in [1.82, 2.24) is 0 Å². The van der Waals surface area contributed by atoms with Crippen LogP contribution in [0.4, 0.5) is 18.9 Å². The maximum Gasteiger partial charge on any atom is 0.417 e. The molecule has 2 aromatic rings. The Labute approximate surface area is 160 Å². The Morgan fingerprint density at radius 1 is 1.11 bits per heavy atom. The zero-order chi connectivity index (χ0) is 20.2. The molecule has 8 heteroatoms. The van der Waals surface area contributed by atoms with E-state index in [1.807, 2.05) is 0 Å². The van der Waals surface area contributed by atoms with Crippen LogP contribution in [0.25, 0.3) is 0 Å². The third-order valence-electron chi connectivity index (χ3n) is 3.98. The van der Waals surface area contributed by atoms with Gasteiger partial charge in [0.15, 0.2) is 11.5 Å². The molecule has 1 N–H and O–H groups in total. The number of rotatable bonds is 6. The van der Waals surface area contributed by atoms with Gasteiger partial charge in [-0.1, -0.05) is 24.6 Å². The van der Waals surface area contributed by atoms with Gasteiger partial charge >= 0.3 is 6.18 Å². The standard InChI is InChI=1S/C19H19ClF3NO3/c1-11(8-12-4-7-16(26-2)17(9-12)27-3)18(25)24-13-5-6-15(20)14(10-13)19(21,22)23/h4-7,9-11H,8H2,1-3H3,(H,24,25). The van der Waals surface area contributed by atoms with Crippen molar-refractivity contribution in [1.29, 1.82) is 0 Å². The fraction of sp³-hybridized carbons (Fsp3) is 0.316. The Hall–Kier alpha value is -2.41. The maximum atomic E-state index is 12.9. The average molecular weight is 402 g/mol. The lowest BCUT2D eigenvalue weighted by atomic mass is 9.99. The first-order valence-corrected chi connectivity index (χ1v) is 8.42. The molecule has 0 bridgehead atoms. The molecule has 0 radical (unpaired) electrons. The van der Waals surface area contributed by atoms with Gasteiger partial charge in [-0.25, -0.2) is 0 Å². The van der Waals surface area contributed by atoms with Gasteiger partial charge in [0, 0.05) is 11.6 Å². The van der Waals surface area contributed by atoms with Gasteiger partial charge in [-0.05, 0) is 42.3 Å². The van der Waals surface area contributed by atoms with E-state index >= 15 is 0 Å². The highest BCUT2D eigenvalue weighted by Gasteiger charge is 2.33. The molecule has 0 fully saturated rings. The zero-order valence-corrected chi connectivity index (χ0v) is 15.7. The molecule has 0 heterocycles. The van der Waals surface area contributed by atoms with Crippen LogP contribution in [-0.4, -0.2) is 20.1 Å². The number of carbonyl (C=O) groups is 1. The molecule has 0 aliphatic rings. The first-order valence-electron chi connectivity index (χ1n) is 8.04. The second kappa shape index (κ2) is 8.52. The van der Waals surface area contributed by atoms with Gasteiger partial charge in [0.2, 0.25) is 5.91 Å². The lowest BCUT2D eigenvalue weighted by Gasteiger charge is -2.15. The van der Waals surface area contributed by atoms with Gasteiger partial charge in [-0.2, -0.15) is 13.2 Å². The molecule has 0 aliphatic heterocycles. The summed E-state index contributed by atoms with van der Waals surface area (Å²) in [6.45, 7) is 1.69. The van der Waals surface area contributed by atoms with Crippen molar-refractivity contribution in [2.75, 3.05) is 19.5 Å². The number of nitrogens with one attached hydrogen (secondary N) is 1. The Morgan fingerprint density at radius 2 is 1.78 bits per heavy atom. The molecule has 4 nitrogen and oxygen atoms in total. The summed E-state index contributed by atoms with van der Waals surface area (Å²) in [6.07, 6.45) is -4.21. The highest BCUT2D eigenvalue weighted by molar-refractivity contribution is 6.31. The topological polar surface area (TPSA) is 47.6 Å². The van der Waals surface area contributed by atoms with Gasteiger partial charge in [0.25, 0.3) is 0 Å². The summed E-state index contributed by atoms with van der Waals surface area (Å²) in [7, 11) is 3.03.